The molecule has 0 fully saturated rings. The summed E-state index contributed by atoms with van der Waals surface area (Å²) in [5, 5.41) is 9.28. The summed E-state index contributed by atoms with van der Waals surface area (Å²) >= 11 is 0. The first-order valence-electron chi connectivity index (χ1n) is 6.82. The van der Waals surface area contributed by atoms with Gasteiger partial charge in [-0.1, -0.05) is 13.0 Å². The van der Waals surface area contributed by atoms with Gasteiger partial charge < -0.3 is 9.47 Å². The van der Waals surface area contributed by atoms with Crippen molar-refractivity contribution in [3.05, 3.63) is 46.8 Å². The van der Waals surface area contributed by atoms with Crippen LogP contribution in [0.5, 0.6) is 17.2 Å². The molecule has 0 bridgehead atoms. The quantitative estimate of drug-likeness (QED) is 0.852. The van der Waals surface area contributed by atoms with Crippen molar-refractivity contribution in [1.29, 1.82) is 5.26 Å². The van der Waals surface area contributed by atoms with Crippen LogP contribution in [0, 0.1) is 25.2 Å². The molecule has 0 radical (unpaired) electrons. The maximum atomic E-state index is 9.28. The molecule has 0 saturated carbocycles. The molecule has 0 amide bonds. The summed E-state index contributed by atoms with van der Waals surface area (Å²) in [7, 11) is 1.61. The fraction of sp³-hybridized carbons (Fsp3) is 0.294. The average molecular weight is 282 g/mol. The summed E-state index contributed by atoms with van der Waals surface area (Å²) < 4.78 is 11.3. The molecule has 0 atom stereocenters. The Hall–Kier alpha value is -2.54. The van der Waals surface area contributed by atoms with Gasteiger partial charge in [0.15, 0.2) is 11.5 Å². The molecule has 1 aromatic carbocycles. The lowest BCUT2D eigenvalue weighted by Crippen LogP contribution is -1.98. The van der Waals surface area contributed by atoms with Gasteiger partial charge in [0.25, 0.3) is 0 Å². The van der Waals surface area contributed by atoms with Crippen LogP contribution < -0.4 is 9.47 Å². The van der Waals surface area contributed by atoms with Gasteiger partial charge in [-0.15, -0.1) is 0 Å². The lowest BCUT2D eigenvalue weighted by molar-refractivity contribution is 0.377. The first-order chi connectivity index (χ1) is 10.1. The standard InChI is InChI=1S/C17H18N2O2/c1-5-13-6-7-15(17(9-13)20-4)21-16-8-11(2)19-12(3)14(16)10-18/h6-9H,5H2,1-4H3. The number of methoxy groups -OCH3 is 1. The maximum absolute atomic E-state index is 9.28. The number of rotatable bonds is 4. The van der Waals surface area contributed by atoms with Crippen LogP contribution in [0.1, 0.15) is 29.4 Å². The van der Waals surface area contributed by atoms with E-state index in [1.165, 1.54) is 5.56 Å². The Morgan fingerprint density at radius 3 is 2.52 bits per heavy atom. The normalized spacial score (nSPS) is 10.0. The van der Waals surface area contributed by atoms with Crippen LogP contribution in [0.2, 0.25) is 0 Å². The molecule has 2 aromatic rings. The van der Waals surface area contributed by atoms with E-state index in [2.05, 4.69) is 18.0 Å². The van der Waals surface area contributed by atoms with Crippen LogP contribution in [0.3, 0.4) is 0 Å². The average Bonchev–Trinajstić information content (AvgIpc) is 2.47. The predicted octanol–water partition coefficient (Wildman–Crippen LogP) is 3.93. The minimum Gasteiger partial charge on any atom is -0.493 e. The molecule has 0 aliphatic rings. The predicted molar refractivity (Wildman–Crippen MR) is 80.9 cm³/mol. The van der Waals surface area contributed by atoms with Crippen LogP contribution >= 0.6 is 0 Å². The fourth-order valence-corrected chi connectivity index (χ4v) is 2.14. The second-order valence-electron chi connectivity index (χ2n) is 4.77. The van der Waals surface area contributed by atoms with Gasteiger partial charge >= 0.3 is 0 Å². The molecule has 0 saturated heterocycles. The molecular formula is C17H18N2O2. The second kappa shape index (κ2) is 6.27. The van der Waals surface area contributed by atoms with Gasteiger partial charge in [0.05, 0.1) is 12.8 Å². The van der Waals surface area contributed by atoms with Gasteiger partial charge in [0, 0.05) is 11.8 Å². The smallest absolute Gasteiger partial charge is 0.169 e. The molecule has 1 aromatic heterocycles. The lowest BCUT2D eigenvalue weighted by Gasteiger charge is -2.13. The SMILES string of the molecule is CCc1ccc(Oc2cc(C)nc(C)c2C#N)c(OC)c1. The first-order valence-corrected chi connectivity index (χ1v) is 6.82. The van der Waals surface area contributed by atoms with Crippen molar-refractivity contribution in [2.24, 2.45) is 0 Å². The highest BCUT2D eigenvalue weighted by Gasteiger charge is 2.13. The summed E-state index contributed by atoms with van der Waals surface area (Å²) in [4.78, 5) is 4.28. The molecule has 21 heavy (non-hydrogen) atoms. The minimum atomic E-state index is 0.447. The Bertz CT molecular complexity index is 703. The fourth-order valence-electron chi connectivity index (χ4n) is 2.14. The van der Waals surface area contributed by atoms with Crippen molar-refractivity contribution in [2.75, 3.05) is 7.11 Å². The van der Waals surface area contributed by atoms with Gasteiger partial charge in [-0.05, 0) is 38.0 Å². The zero-order valence-electron chi connectivity index (χ0n) is 12.7. The van der Waals surface area contributed by atoms with Gasteiger partial charge in [-0.2, -0.15) is 5.26 Å². The highest BCUT2D eigenvalue weighted by atomic mass is 16.5. The third-order valence-corrected chi connectivity index (χ3v) is 3.26. The van der Waals surface area contributed by atoms with E-state index < -0.39 is 0 Å². The van der Waals surface area contributed by atoms with Crippen LogP contribution in [0.4, 0.5) is 0 Å². The monoisotopic (exact) mass is 282 g/mol. The summed E-state index contributed by atoms with van der Waals surface area (Å²) in [6.07, 6.45) is 0.924. The number of aryl methyl sites for hydroxylation is 3. The van der Waals surface area contributed by atoms with Crippen LogP contribution in [-0.2, 0) is 6.42 Å². The van der Waals surface area contributed by atoms with Gasteiger partial charge in [-0.3, -0.25) is 4.98 Å². The third kappa shape index (κ3) is 3.14. The molecular weight excluding hydrogens is 264 g/mol. The molecule has 0 unspecified atom stereocenters. The Balaban J connectivity index is 2.45. The van der Waals surface area contributed by atoms with Crippen molar-refractivity contribution in [2.45, 2.75) is 27.2 Å². The number of hydrogen-bond acceptors (Lipinski definition) is 4. The van der Waals surface area contributed by atoms with Gasteiger partial charge in [0.2, 0.25) is 0 Å². The molecule has 0 aliphatic carbocycles. The summed E-state index contributed by atoms with van der Waals surface area (Å²) in [5.41, 5.74) is 3.09. The first kappa shape index (κ1) is 14.9. The molecule has 2 rings (SSSR count). The summed E-state index contributed by atoms with van der Waals surface area (Å²) in [6, 6.07) is 9.71. The number of nitriles is 1. The summed E-state index contributed by atoms with van der Waals surface area (Å²) in [6.45, 7) is 5.76. The molecule has 1 heterocycles. The van der Waals surface area contributed by atoms with E-state index in [0.29, 0.717) is 28.5 Å². The number of pyridine rings is 1. The molecule has 4 nitrogen and oxygen atoms in total. The molecule has 0 aliphatic heterocycles. The van der Waals surface area contributed by atoms with Crippen molar-refractivity contribution >= 4 is 0 Å². The highest BCUT2D eigenvalue weighted by molar-refractivity contribution is 5.51. The number of ether oxygens (including phenoxy) is 2. The Kier molecular flexibility index (Phi) is 4.44. The molecule has 0 N–H and O–H groups in total. The molecule has 0 spiro atoms. The van der Waals surface area contributed by atoms with E-state index in [-0.39, 0.29) is 0 Å². The minimum absolute atomic E-state index is 0.447. The zero-order valence-corrected chi connectivity index (χ0v) is 12.7. The topological polar surface area (TPSA) is 55.1 Å². The van der Waals surface area contributed by atoms with Gasteiger partial charge in [-0.25, -0.2) is 0 Å². The Labute approximate surface area is 125 Å². The number of aromatic nitrogens is 1. The number of hydrogen-bond donors (Lipinski definition) is 0. The molecule has 108 valence electrons. The van der Waals surface area contributed by atoms with Crippen molar-refractivity contribution < 1.29 is 9.47 Å². The van der Waals surface area contributed by atoms with Gasteiger partial charge in [0.1, 0.15) is 17.4 Å². The van der Waals surface area contributed by atoms with E-state index in [9.17, 15) is 5.26 Å². The largest absolute Gasteiger partial charge is 0.493 e. The van der Waals surface area contributed by atoms with E-state index >= 15 is 0 Å². The van der Waals surface area contributed by atoms with Crippen molar-refractivity contribution in [3.63, 3.8) is 0 Å². The van der Waals surface area contributed by atoms with Crippen LogP contribution in [-0.4, -0.2) is 12.1 Å². The summed E-state index contributed by atoms with van der Waals surface area (Å²) in [5.74, 6) is 1.76. The van der Waals surface area contributed by atoms with E-state index in [4.69, 9.17) is 9.47 Å². The Morgan fingerprint density at radius 2 is 1.90 bits per heavy atom. The number of nitrogens with zero attached hydrogens (tertiary/aromatic N) is 2. The van der Waals surface area contributed by atoms with E-state index in [0.717, 1.165) is 12.1 Å². The van der Waals surface area contributed by atoms with E-state index in [1.807, 2.05) is 25.1 Å². The molecule has 4 heteroatoms. The Morgan fingerprint density at radius 1 is 1.14 bits per heavy atom. The maximum Gasteiger partial charge on any atom is 0.169 e. The lowest BCUT2D eigenvalue weighted by atomic mass is 10.1. The third-order valence-electron chi connectivity index (χ3n) is 3.26. The number of benzene rings is 1. The van der Waals surface area contributed by atoms with Crippen molar-refractivity contribution in [3.8, 4) is 23.3 Å². The highest BCUT2D eigenvalue weighted by Crippen LogP contribution is 2.34. The second-order valence-corrected chi connectivity index (χ2v) is 4.77. The van der Waals surface area contributed by atoms with Crippen LogP contribution in [0.25, 0.3) is 0 Å². The van der Waals surface area contributed by atoms with E-state index in [1.54, 1.807) is 20.1 Å². The van der Waals surface area contributed by atoms with Crippen molar-refractivity contribution in [1.82, 2.24) is 4.98 Å². The van der Waals surface area contributed by atoms with Crippen LogP contribution in [0.15, 0.2) is 24.3 Å². The zero-order chi connectivity index (χ0) is 15.4.